The van der Waals surface area contributed by atoms with Crippen molar-refractivity contribution in [2.75, 3.05) is 7.11 Å². The first-order valence-corrected chi connectivity index (χ1v) is 6.22. The number of benzene rings is 1. The Morgan fingerprint density at radius 2 is 1.80 bits per heavy atom. The smallest absolute Gasteiger partial charge is 0.328 e. The molecule has 6 nitrogen and oxygen atoms in total. The Balaban J connectivity index is 2.63. The number of rotatable bonds is 5. The lowest BCUT2D eigenvalue weighted by Crippen LogP contribution is -2.53. The number of carboxylic acid groups (broad SMARTS) is 1. The van der Waals surface area contributed by atoms with Gasteiger partial charge in [0.25, 0.3) is 0 Å². The third kappa shape index (κ3) is 4.15. The minimum Gasteiger partial charge on any atom is -0.497 e. The molecule has 2 amide bonds. The average molecular weight is 280 g/mol. The van der Waals surface area contributed by atoms with E-state index in [4.69, 9.17) is 9.84 Å². The maximum absolute atomic E-state index is 11.8. The third-order valence-corrected chi connectivity index (χ3v) is 2.92. The lowest BCUT2D eigenvalue weighted by Gasteiger charge is -2.23. The van der Waals surface area contributed by atoms with Crippen molar-refractivity contribution in [3.05, 3.63) is 29.8 Å². The Labute approximate surface area is 118 Å². The van der Waals surface area contributed by atoms with Gasteiger partial charge in [0.05, 0.1) is 13.2 Å². The quantitative estimate of drug-likeness (QED) is 0.769. The first-order chi connectivity index (χ1) is 9.26. The molecule has 0 fully saturated rings. The second kappa shape index (κ2) is 6.27. The summed E-state index contributed by atoms with van der Waals surface area (Å²) in [5, 5.41) is 14.0. The number of carboxylic acids is 1. The predicted molar refractivity (Wildman–Crippen MR) is 74.8 cm³/mol. The number of ether oxygens (including phenoxy) is 1. The van der Waals surface area contributed by atoms with E-state index in [2.05, 4.69) is 10.6 Å². The summed E-state index contributed by atoms with van der Waals surface area (Å²) in [6, 6.07) is 6.50. The van der Waals surface area contributed by atoms with Crippen molar-refractivity contribution in [3.63, 3.8) is 0 Å². The molecule has 1 aromatic carbocycles. The molecule has 1 rings (SSSR count). The van der Waals surface area contributed by atoms with Crippen molar-refractivity contribution in [2.24, 2.45) is 0 Å². The zero-order chi connectivity index (χ0) is 15.3. The maximum atomic E-state index is 11.8. The van der Waals surface area contributed by atoms with Gasteiger partial charge in [-0.25, -0.2) is 9.59 Å². The molecule has 6 heteroatoms. The Morgan fingerprint density at radius 1 is 1.25 bits per heavy atom. The van der Waals surface area contributed by atoms with E-state index in [9.17, 15) is 9.59 Å². The summed E-state index contributed by atoms with van der Waals surface area (Å²) in [6.45, 7) is 4.66. The largest absolute Gasteiger partial charge is 0.497 e. The number of nitrogens with one attached hydrogen (secondary N) is 2. The lowest BCUT2D eigenvalue weighted by molar-refractivity contribution is -0.142. The van der Waals surface area contributed by atoms with Crippen LogP contribution < -0.4 is 15.4 Å². The highest BCUT2D eigenvalue weighted by Gasteiger charge is 2.29. The van der Waals surface area contributed by atoms with E-state index < -0.39 is 17.5 Å². The van der Waals surface area contributed by atoms with Crippen LogP contribution >= 0.6 is 0 Å². The Kier molecular flexibility index (Phi) is 4.96. The summed E-state index contributed by atoms with van der Waals surface area (Å²) >= 11 is 0. The molecular weight excluding hydrogens is 260 g/mol. The molecule has 0 saturated carbocycles. The van der Waals surface area contributed by atoms with E-state index in [1.807, 2.05) is 19.1 Å². The number of hydrogen-bond donors (Lipinski definition) is 3. The third-order valence-electron chi connectivity index (χ3n) is 2.92. The number of carbonyl (C=O) groups is 2. The van der Waals surface area contributed by atoms with Gasteiger partial charge >= 0.3 is 12.0 Å². The first kappa shape index (κ1) is 15.8. The molecule has 0 bridgehead atoms. The van der Waals surface area contributed by atoms with Gasteiger partial charge in [0.2, 0.25) is 0 Å². The van der Waals surface area contributed by atoms with Crippen molar-refractivity contribution >= 4 is 12.0 Å². The van der Waals surface area contributed by atoms with Gasteiger partial charge in [0, 0.05) is 0 Å². The molecule has 1 atom stereocenters. The average Bonchev–Trinajstić information content (AvgIpc) is 2.37. The van der Waals surface area contributed by atoms with Crippen LogP contribution in [-0.4, -0.2) is 29.8 Å². The molecule has 1 aromatic rings. The highest BCUT2D eigenvalue weighted by Crippen LogP contribution is 2.17. The predicted octanol–water partition coefficient (Wildman–Crippen LogP) is 1.92. The molecule has 0 aliphatic rings. The van der Waals surface area contributed by atoms with Gasteiger partial charge in [-0.15, -0.1) is 0 Å². The van der Waals surface area contributed by atoms with Crippen molar-refractivity contribution < 1.29 is 19.4 Å². The molecule has 1 unspecified atom stereocenters. The Morgan fingerprint density at radius 3 is 2.25 bits per heavy atom. The summed E-state index contributed by atoms with van der Waals surface area (Å²) in [5.41, 5.74) is -0.418. The van der Waals surface area contributed by atoms with E-state index >= 15 is 0 Å². The van der Waals surface area contributed by atoms with E-state index in [-0.39, 0.29) is 6.04 Å². The molecule has 0 aliphatic heterocycles. The summed E-state index contributed by atoms with van der Waals surface area (Å²) < 4.78 is 5.06. The van der Waals surface area contributed by atoms with Crippen LogP contribution in [0, 0.1) is 0 Å². The van der Waals surface area contributed by atoms with E-state index in [1.165, 1.54) is 13.8 Å². The highest BCUT2D eigenvalue weighted by molar-refractivity contribution is 5.85. The zero-order valence-electron chi connectivity index (χ0n) is 12.1. The SMILES string of the molecule is COc1ccc(C(C)NC(=O)NC(C)(C)C(=O)O)cc1. The minimum atomic E-state index is -1.32. The lowest BCUT2D eigenvalue weighted by atomic mass is 10.1. The number of carbonyl (C=O) groups excluding carboxylic acids is 1. The van der Waals surface area contributed by atoms with Crippen LogP contribution in [0.3, 0.4) is 0 Å². The Bertz CT molecular complexity index is 482. The number of methoxy groups -OCH3 is 1. The number of urea groups is 1. The minimum absolute atomic E-state index is 0.245. The number of amides is 2. The summed E-state index contributed by atoms with van der Waals surface area (Å²) in [6.07, 6.45) is 0. The molecule has 20 heavy (non-hydrogen) atoms. The van der Waals surface area contributed by atoms with Crippen LogP contribution in [0.1, 0.15) is 32.4 Å². The van der Waals surface area contributed by atoms with Crippen LogP contribution in [0.5, 0.6) is 5.75 Å². The molecule has 3 N–H and O–H groups in total. The van der Waals surface area contributed by atoms with Gasteiger partial charge in [-0.2, -0.15) is 0 Å². The number of hydrogen-bond acceptors (Lipinski definition) is 3. The van der Waals surface area contributed by atoms with Crippen LogP contribution in [0.2, 0.25) is 0 Å². The van der Waals surface area contributed by atoms with Crippen LogP contribution in [0.25, 0.3) is 0 Å². The van der Waals surface area contributed by atoms with Crippen molar-refractivity contribution in [1.29, 1.82) is 0 Å². The van der Waals surface area contributed by atoms with Crippen molar-refractivity contribution in [2.45, 2.75) is 32.4 Å². The second-order valence-electron chi connectivity index (χ2n) is 5.02. The maximum Gasteiger partial charge on any atom is 0.328 e. The molecule has 0 heterocycles. The van der Waals surface area contributed by atoms with Gasteiger partial charge in [-0.3, -0.25) is 0 Å². The van der Waals surface area contributed by atoms with Gasteiger partial charge < -0.3 is 20.5 Å². The van der Waals surface area contributed by atoms with E-state index in [1.54, 1.807) is 19.2 Å². The first-order valence-electron chi connectivity index (χ1n) is 6.22. The summed E-state index contributed by atoms with van der Waals surface area (Å²) in [4.78, 5) is 22.7. The van der Waals surface area contributed by atoms with E-state index in [0.717, 1.165) is 11.3 Å². The van der Waals surface area contributed by atoms with Crippen molar-refractivity contribution in [1.82, 2.24) is 10.6 Å². The van der Waals surface area contributed by atoms with Gasteiger partial charge in [-0.05, 0) is 38.5 Å². The molecule has 0 saturated heterocycles. The van der Waals surface area contributed by atoms with Crippen LogP contribution in [0.4, 0.5) is 4.79 Å². The van der Waals surface area contributed by atoms with Crippen LogP contribution in [-0.2, 0) is 4.79 Å². The van der Waals surface area contributed by atoms with Gasteiger partial charge in [-0.1, -0.05) is 12.1 Å². The fraction of sp³-hybridized carbons (Fsp3) is 0.429. The second-order valence-corrected chi connectivity index (χ2v) is 5.02. The Hall–Kier alpha value is -2.24. The molecule has 0 aromatic heterocycles. The molecule has 0 aliphatic carbocycles. The molecule has 0 spiro atoms. The fourth-order valence-corrected chi connectivity index (χ4v) is 1.55. The summed E-state index contributed by atoms with van der Waals surface area (Å²) in [7, 11) is 1.58. The topological polar surface area (TPSA) is 87.7 Å². The normalized spacial score (nSPS) is 12.4. The standard InChI is InChI=1S/C14H20N2O4/c1-9(10-5-7-11(20-4)8-6-10)15-13(19)16-14(2,3)12(17)18/h5-9H,1-4H3,(H,17,18)(H2,15,16,19). The molecule has 110 valence electrons. The van der Waals surface area contributed by atoms with Crippen molar-refractivity contribution in [3.8, 4) is 5.75 Å². The molecule has 0 radical (unpaired) electrons. The zero-order valence-corrected chi connectivity index (χ0v) is 12.1. The monoisotopic (exact) mass is 280 g/mol. The van der Waals surface area contributed by atoms with Gasteiger partial charge in [0.15, 0.2) is 0 Å². The highest BCUT2D eigenvalue weighted by atomic mass is 16.5. The fourth-order valence-electron chi connectivity index (χ4n) is 1.55. The summed E-state index contributed by atoms with van der Waals surface area (Å²) in [5.74, 6) is -0.359. The van der Waals surface area contributed by atoms with Crippen LogP contribution in [0.15, 0.2) is 24.3 Å². The van der Waals surface area contributed by atoms with Gasteiger partial charge in [0.1, 0.15) is 11.3 Å². The molecular formula is C14H20N2O4. The van der Waals surface area contributed by atoms with E-state index in [0.29, 0.717) is 0 Å². The number of aliphatic carboxylic acids is 1.